The Kier molecular flexibility index (Phi) is 3.95. The van der Waals surface area contributed by atoms with Crippen molar-refractivity contribution < 1.29 is 0 Å². The summed E-state index contributed by atoms with van der Waals surface area (Å²) < 4.78 is 0. The average Bonchev–Trinajstić information content (AvgIpc) is 2.40. The molecular formula is C16H23NS. The second-order valence-electron chi connectivity index (χ2n) is 5.72. The Hall–Kier alpha value is -0.470. The quantitative estimate of drug-likeness (QED) is 0.889. The van der Waals surface area contributed by atoms with E-state index in [1.165, 1.54) is 38.6 Å². The molecule has 0 amide bonds. The highest BCUT2D eigenvalue weighted by atomic mass is 32.2. The van der Waals surface area contributed by atoms with Gasteiger partial charge in [-0.05, 0) is 49.5 Å². The Morgan fingerprint density at radius 2 is 1.94 bits per heavy atom. The van der Waals surface area contributed by atoms with Crippen LogP contribution in [0.5, 0.6) is 0 Å². The van der Waals surface area contributed by atoms with E-state index < -0.39 is 0 Å². The predicted molar refractivity (Wildman–Crippen MR) is 80.4 cm³/mol. The minimum absolute atomic E-state index is 0.777. The van der Waals surface area contributed by atoms with Gasteiger partial charge in [-0.3, -0.25) is 0 Å². The summed E-state index contributed by atoms with van der Waals surface area (Å²) in [6, 6.07) is 9.69. The zero-order chi connectivity index (χ0) is 12.4. The van der Waals surface area contributed by atoms with Crippen LogP contribution in [-0.4, -0.2) is 24.1 Å². The van der Waals surface area contributed by atoms with Crippen LogP contribution in [0.1, 0.15) is 42.7 Å². The summed E-state index contributed by atoms with van der Waals surface area (Å²) in [6.45, 7) is 1.19. The molecule has 0 saturated heterocycles. The molecule has 1 unspecified atom stereocenters. The van der Waals surface area contributed by atoms with Crippen LogP contribution in [0.4, 0.5) is 0 Å². The van der Waals surface area contributed by atoms with Gasteiger partial charge >= 0.3 is 0 Å². The number of hydrogen-bond donors (Lipinski definition) is 1. The number of benzene rings is 1. The van der Waals surface area contributed by atoms with Crippen molar-refractivity contribution in [2.24, 2.45) is 0 Å². The molecule has 2 aliphatic carbocycles. The summed E-state index contributed by atoms with van der Waals surface area (Å²) in [5.41, 5.74) is 3.15. The van der Waals surface area contributed by atoms with Gasteiger partial charge < -0.3 is 5.32 Å². The predicted octanol–water partition coefficient (Wildman–Crippen LogP) is 3.59. The maximum absolute atomic E-state index is 3.80. The smallest absolute Gasteiger partial charge is 0.00681 e. The van der Waals surface area contributed by atoms with Crippen molar-refractivity contribution in [3.63, 3.8) is 0 Å². The highest BCUT2D eigenvalue weighted by Crippen LogP contribution is 2.34. The van der Waals surface area contributed by atoms with E-state index >= 15 is 0 Å². The average molecular weight is 261 g/mol. The highest BCUT2D eigenvalue weighted by Gasteiger charge is 2.26. The van der Waals surface area contributed by atoms with Gasteiger partial charge in [-0.1, -0.05) is 24.3 Å². The molecule has 1 saturated carbocycles. The summed E-state index contributed by atoms with van der Waals surface area (Å²) in [4.78, 5) is 0. The molecule has 1 fully saturated rings. The summed E-state index contributed by atoms with van der Waals surface area (Å²) in [5.74, 6) is 0.777. The van der Waals surface area contributed by atoms with Gasteiger partial charge in [0, 0.05) is 23.8 Å². The zero-order valence-electron chi connectivity index (χ0n) is 11.2. The first kappa shape index (κ1) is 12.6. The van der Waals surface area contributed by atoms with Crippen LogP contribution in [0, 0.1) is 0 Å². The fourth-order valence-electron chi connectivity index (χ4n) is 3.36. The number of rotatable bonds is 4. The molecule has 0 bridgehead atoms. The second kappa shape index (κ2) is 5.66. The Bertz CT molecular complexity index is 396. The van der Waals surface area contributed by atoms with E-state index in [0.29, 0.717) is 0 Å². The molecule has 0 heterocycles. The van der Waals surface area contributed by atoms with Crippen molar-refractivity contribution in [3.05, 3.63) is 35.4 Å². The van der Waals surface area contributed by atoms with Crippen LogP contribution in [0.25, 0.3) is 0 Å². The third-order valence-electron chi connectivity index (χ3n) is 4.62. The largest absolute Gasteiger partial charge is 0.313 e. The topological polar surface area (TPSA) is 12.0 Å². The minimum atomic E-state index is 0.777. The standard InChI is InChI=1S/C16H23NS/c1-18-15-8-6-14(7-9-15)17-11-13-10-12-4-2-3-5-16(12)13/h2-5,13-15,17H,6-11H2,1H3. The fourth-order valence-corrected chi connectivity index (χ4v) is 4.10. The van der Waals surface area contributed by atoms with E-state index in [-0.39, 0.29) is 0 Å². The van der Waals surface area contributed by atoms with Crippen LogP contribution < -0.4 is 5.32 Å². The summed E-state index contributed by atoms with van der Waals surface area (Å²) in [7, 11) is 0. The zero-order valence-corrected chi connectivity index (χ0v) is 12.0. The SMILES string of the molecule is CSC1CCC(NCC2Cc3ccccc32)CC1. The van der Waals surface area contributed by atoms with Crippen LogP contribution in [-0.2, 0) is 6.42 Å². The van der Waals surface area contributed by atoms with Crippen molar-refractivity contribution in [3.8, 4) is 0 Å². The maximum Gasteiger partial charge on any atom is 0.00681 e. The number of nitrogens with one attached hydrogen (secondary N) is 1. The maximum atomic E-state index is 3.80. The third-order valence-corrected chi connectivity index (χ3v) is 5.76. The molecule has 1 nitrogen and oxygen atoms in total. The molecule has 3 rings (SSSR count). The molecular weight excluding hydrogens is 238 g/mol. The van der Waals surface area contributed by atoms with Gasteiger partial charge in [-0.25, -0.2) is 0 Å². The normalized spacial score (nSPS) is 30.6. The van der Waals surface area contributed by atoms with Crippen molar-refractivity contribution >= 4 is 11.8 Å². The Morgan fingerprint density at radius 3 is 2.67 bits per heavy atom. The van der Waals surface area contributed by atoms with Crippen molar-refractivity contribution in [1.82, 2.24) is 5.32 Å². The molecule has 1 aromatic rings. The van der Waals surface area contributed by atoms with E-state index in [1.807, 2.05) is 0 Å². The lowest BCUT2D eigenvalue weighted by molar-refractivity contribution is 0.364. The lowest BCUT2D eigenvalue weighted by Crippen LogP contribution is -2.38. The monoisotopic (exact) mass is 261 g/mol. The molecule has 0 aliphatic heterocycles. The highest BCUT2D eigenvalue weighted by molar-refractivity contribution is 7.99. The molecule has 18 heavy (non-hydrogen) atoms. The fraction of sp³-hybridized carbons (Fsp3) is 0.625. The van der Waals surface area contributed by atoms with Gasteiger partial charge in [0.25, 0.3) is 0 Å². The molecule has 0 aromatic heterocycles. The van der Waals surface area contributed by atoms with Crippen molar-refractivity contribution in [1.29, 1.82) is 0 Å². The number of fused-ring (bicyclic) bond motifs is 1. The van der Waals surface area contributed by atoms with Gasteiger partial charge in [0.05, 0.1) is 0 Å². The molecule has 0 spiro atoms. The van der Waals surface area contributed by atoms with Gasteiger partial charge in [0.15, 0.2) is 0 Å². The van der Waals surface area contributed by atoms with Gasteiger partial charge in [-0.2, -0.15) is 11.8 Å². The van der Waals surface area contributed by atoms with E-state index in [0.717, 1.165) is 17.2 Å². The van der Waals surface area contributed by atoms with Gasteiger partial charge in [0.1, 0.15) is 0 Å². The van der Waals surface area contributed by atoms with Crippen molar-refractivity contribution in [2.45, 2.75) is 49.3 Å². The summed E-state index contributed by atoms with van der Waals surface area (Å²) in [5, 5.41) is 4.72. The van der Waals surface area contributed by atoms with Gasteiger partial charge in [0.2, 0.25) is 0 Å². The lowest BCUT2D eigenvalue weighted by Gasteiger charge is -2.34. The Labute approximate surface area is 115 Å². The summed E-state index contributed by atoms with van der Waals surface area (Å²) >= 11 is 2.05. The molecule has 98 valence electrons. The summed E-state index contributed by atoms with van der Waals surface area (Å²) in [6.07, 6.45) is 9.09. The van der Waals surface area contributed by atoms with E-state index in [9.17, 15) is 0 Å². The molecule has 2 aliphatic rings. The van der Waals surface area contributed by atoms with E-state index in [4.69, 9.17) is 0 Å². The third kappa shape index (κ3) is 2.60. The van der Waals surface area contributed by atoms with Crippen LogP contribution >= 0.6 is 11.8 Å². The number of thioether (sulfide) groups is 1. The molecule has 0 radical (unpaired) electrons. The lowest BCUT2D eigenvalue weighted by atomic mass is 9.77. The van der Waals surface area contributed by atoms with Crippen molar-refractivity contribution in [2.75, 3.05) is 12.8 Å². The molecule has 1 N–H and O–H groups in total. The van der Waals surface area contributed by atoms with Crippen LogP contribution in [0.3, 0.4) is 0 Å². The second-order valence-corrected chi connectivity index (χ2v) is 6.86. The molecule has 1 atom stereocenters. The molecule has 1 aromatic carbocycles. The van der Waals surface area contributed by atoms with E-state index in [1.54, 1.807) is 11.1 Å². The Morgan fingerprint density at radius 1 is 1.17 bits per heavy atom. The van der Waals surface area contributed by atoms with Gasteiger partial charge in [-0.15, -0.1) is 0 Å². The van der Waals surface area contributed by atoms with Crippen LogP contribution in [0.2, 0.25) is 0 Å². The minimum Gasteiger partial charge on any atom is -0.313 e. The first-order valence-corrected chi connectivity index (χ1v) is 8.49. The van der Waals surface area contributed by atoms with E-state index in [2.05, 4.69) is 47.6 Å². The Balaban J connectivity index is 1.44. The van der Waals surface area contributed by atoms with Crippen LogP contribution in [0.15, 0.2) is 24.3 Å². The first-order valence-electron chi connectivity index (χ1n) is 7.21. The first-order chi connectivity index (χ1) is 8.86. The number of hydrogen-bond acceptors (Lipinski definition) is 2. The molecule has 2 heteroatoms.